The fourth-order valence-corrected chi connectivity index (χ4v) is 4.76. The molecule has 33 heavy (non-hydrogen) atoms. The monoisotopic (exact) mass is 431 g/mol. The van der Waals surface area contributed by atoms with Gasteiger partial charge in [0.1, 0.15) is 22.8 Å². The summed E-state index contributed by atoms with van der Waals surface area (Å²) in [5, 5.41) is 4.59. The van der Waals surface area contributed by atoms with E-state index in [2.05, 4.69) is 75.4 Å². The Hall–Kier alpha value is -3.85. The number of nitrogens with zero attached hydrogens (tertiary/aromatic N) is 1. The van der Waals surface area contributed by atoms with Crippen molar-refractivity contribution >= 4 is 32.7 Å². The molecule has 0 spiro atoms. The van der Waals surface area contributed by atoms with Crippen LogP contribution in [0.4, 0.5) is 0 Å². The first-order chi connectivity index (χ1) is 15.9. The van der Waals surface area contributed by atoms with Crippen molar-refractivity contribution in [2.75, 3.05) is 0 Å². The van der Waals surface area contributed by atoms with E-state index in [1.54, 1.807) is 0 Å². The summed E-state index contributed by atoms with van der Waals surface area (Å²) in [6.45, 7) is 8.73. The molecular weight excluding hydrogens is 406 g/mol. The van der Waals surface area contributed by atoms with Crippen LogP contribution in [-0.4, -0.2) is 4.98 Å². The molecule has 6 aromatic rings. The zero-order valence-corrected chi connectivity index (χ0v) is 19.3. The number of hydrogen-bond donors (Lipinski definition) is 0. The Balaban J connectivity index is 1.59. The van der Waals surface area contributed by atoms with Gasteiger partial charge in [0.05, 0.1) is 5.56 Å². The molecule has 3 nitrogen and oxygen atoms in total. The molecule has 162 valence electrons. The molecule has 0 aliphatic rings. The van der Waals surface area contributed by atoms with Crippen LogP contribution in [-0.2, 0) is 5.41 Å². The molecule has 3 heteroatoms. The summed E-state index contributed by atoms with van der Waals surface area (Å²) in [5.74, 6) is 1.68. The van der Waals surface area contributed by atoms with Crippen molar-refractivity contribution in [1.82, 2.24) is 4.98 Å². The standard InChI is InChI=1S/C30H25NO2/c1-18-14-20-9-7-11-24(28(20)32-18)26-17-21-12-13-31-27(29(21)33-26)22-15-19-8-5-6-10-23(19)25(16-22)30(2,3)4/h5-17H,1-4H3. The zero-order chi connectivity index (χ0) is 22.7. The van der Waals surface area contributed by atoms with E-state index in [1.165, 1.54) is 16.3 Å². The van der Waals surface area contributed by atoms with E-state index < -0.39 is 0 Å². The second-order valence-corrected chi connectivity index (χ2v) is 9.76. The molecular formula is C30H25NO2. The minimum atomic E-state index is 0.00459. The number of furan rings is 2. The summed E-state index contributed by atoms with van der Waals surface area (Å²) in [7, 11) is 0. The number of fused-ring (bicyclic) bond motifs is 3. The molecule has 0 amide bonds. The van der Waals surface area contributed by atoms with Crippen LogP contribution in [0.3, 0.4) is 0 Å². The van der Waals surface area contributed by atoms with E-state index in [4.69, 9.17) is 13.8 Å². The molecule has 0 bridgehead atoms. The first-order valence-corrected chi connectivity index (χ1v) is 11.3. The minimum Gasteiger partial charge on any atom is -0.461 e. The molecule has 0 saturated carbocycles. The molecule has 0 aliphatic heterocycles. The van der Waals surface area contributed by atoms with E-state index in [-0.39, 0.29) is 5.41 Å². The summed E-state index contributed by atoms with van der Waals surface area (Å²) in [4.78, 5) is 4.76. The van der Waals surface area contributed by atoms with Crippen molar-refractivity contribution in [3.63, 3.8) is 0 Å². The smallest absolute Gasteiger partial charge is 0.161 e. The highest BCUT2D eigenvalue weighted by molar-refractivity contribution is 5.99. The fraction of sp³-hybridized carbons (Fsp3) is 0.167. The van der Waals surface area contributed by atoms with E-state index in [9.17, 15) is 0 Å². The molecule has 0 atom stereocenters. The lowest BCUT2D eigenvalue weighted by molar-refractivity contribution is 0.575. The highest BCUT2D eigenvalue weighted by Gasteiger charge is 2.21. The molecule has 3 aromatic carbocycles. The lowest BCUT2D eigenvalue weighted by Gasteiger charge is -2.22. The molecule has 0 N–H and O–H groups in total. The van der Waals surface area contributed by atoms with Crippen LogP contribution in [0, 0.1) is 6.92 Å². The highest BCUT2D eigenvalue weighted by atomic mass is 16.3. The predicted molar refractivity (Wildman–Crippen MR) is 136 cm³/mol. The van der Waals surface area contributed by atoms with Crippen molar-refractivity contribution in [3.05, 3.63) is 90.3 Å². The van der Waals surface area contributed by atoms with Gasteiger partial charge in [-0.2, -0.15) is 0 Å². The number of aromatic nitrogens is 1. The maximum atomic E-state index is 6.47. The molecule has 3 heterocycles. The lowest BCUT2D eigenvalue weighted by atomic mass is 9.82. The van der Waals surface area contributed by atoms with Gasteiger partial charge in [-0.1, -0.05) is 57.2 Å². The van der Waals surface area contributed by atoms with Crippen LogP contribution in [0.25, 0.3) is 55.3 Å². The Morgan fingerprint density at radius 1 is 0.727 bits per heavy atom. The number of pyridine rings is 1. The molecule has 0 aliphatic carbocycles. The molecule has 0 unspecified atom stereocenters. The number of aryl methyl sites for hydroxylation is 1. The number of para-hydroxylation sites is 1. The molecule has 0 fully saturated rings. The van der Waals surface area contributed by atoms with Gasteiger partial charge >= 0.3 is 0 Å². The SMILES string of the molecule is Cc1cc2cccc(-c3cc4ccnc(-c5cc(C(C)(C)C)c6ccccc6c5)c4o3)c2o1. The van der Waals surface area contributed by atoms with Gasteiger partial charge in [0.2, 0.25) is 0 Å². The van der Waals surface area contributed by atoms with Crippen LogP contribution in [0.5, 0.6) is 0 Å². The Labute approximate surface area is 192 Å². The number of hydrogen-bond acceptors (Lipinski definition) is 3. The van der Waals surface area contributed by atoms with Gasteiger partial charge in [-0.15, -0.1) is 0 Å². The maximum Gasteiger partial charge on any atom is 0.161 e. The minimum absolute atomic E-state index is 0.00459. The Morgan fingerprint density at radius 2 is 1.52 bits per heavy atom. The Kier molecular flexibility index (Phi) is 4.25. The Morgan fingerprint density at radius 3 is 2.36 bits per heavy atom. The molecule has 6 rings (SSSR count). The third-order valence-electron chi connectivity index (χ3n) is 6.31. The average molecular weight is 432 g/mol. The van der Waals surface area contributed by atoms with Crippen LogP contribution in [0.2, 0.25) is 0 Å². The van der Waals surface area contributed by atoms with Crippen LogP contribution < -0.4 is 0 Å². The molecule has 0 saturated heterocycles. The first kappa shape index (κ1) is 19.8. The maximum absolute atomic E-state index is 6.47. The fourth-order valence-electron chi connectivity index (χ4n) is 4.76. The van der Waals surface area contributed by atoms with Gasteiger partial charge in [-0.3, -0.25) is 4.98 Å². The summed E-state index contributed by atoms with van der Waals surface area (Å²) in [5.41, 5.74) is 5.83. The summed E-state index contributed by atoms with van der Waals surface area (Å²) < 4.78 is 12.5. The molecule has 3 aromatic heterocycles. The van der Waals surface area contributed by atoms with Crippen molar-refractivity contribution in [2.45, 2.75) is 33.1 Å². The van der Waals surface area contributed by atoms with Gasteiger partial charge in [-0.25, -0.2) is 0 Å². The van der Waals surface area contributed by atoms with Crippen LogP contribution >= 0.6 is 0 Å². The van der Waals surface area contributed by atoms with E-state index in [1.807, 2.05) is 31.3 Å². The largest absolute Gasteiger partial charge is 0.461 e. The van der Waals surface area contributed by atoms with E-state index in [0.717, 1.165) is 50.3 Å². The second-order valence-electron chi connectivity index (χ2n) is 9.76. The van der Waals surface area contributed by atoms with Crippen molar-refractivity contribution in [1.29, 1.82) is 0 Å². The first-order valence-electron chi connectivity index (χ1n) is 11.3. The topological polar surface area (TPSA) is 39.2 Å². The average Bonchev–Trinajstić information content (AvgIpc) is 3.39. The van der Waals surface area contributed by atoms with Crippen LogP contribution in [0.15, 0.2) is 87.8 Å². The van der Waals surface area contributed by atoms with Gasteiger partial charge in [0.25, 0.3) is 0 Å². The second kappa shape index (κ2) is 7.08. The lowest BCUT2D eigenvalue weighted by Crippen LogP contribution is -2.12. The summed E-state index contributed by atoms with van der Waals surface area (Å²) >= 11 is 0. The highest BCUT2D eigenvalue weighted by Crippen LogP contribution is 2.39. The van der Waals surface area contributed by atoms with Crippen molar-refractivity contribution < 1.29 is 8.83 Å². The van der Waals surface area contributed by atoms with Gasteiger partial charge in [0.15, 0.2) is 5.58 Å². The van der Waals surface area contributed by atoms with E-state index in [0.29, 0.717) is 0 Å². The van der Waals surface area contributed by atoms with Gasteiger partial charge < -0.3 is 8.83 Å². The van der Waals surface area contributed by atoms with Crippen LogP contribution in [0.1, 0.15) is 32.1 Å². The molecule has 0 radical (unpaired) electrons. The van der Waals surface area contributed by atoms with E-state index >= 15 is 0 Å². The third-order valence-corrected chi connectivity index (χ3v) is 6.31. The van der Waals surface area contributed by atoms with Crippen molar-refractivity contribution in [2.24, 2.45) is 0 Å². The van der Waals surface area contributed by atoms with Gasteiger partial charge in [-0.05, 0) is 65.1 Å². The third kappa shape index (κ3) is 3.23. The summed E-state index contributed by atoms with van der Waals surface area (Å²) in [6.07, 6.45) is 1.86. The predicted octanol–water partition coefficient (Wildman–Crippen LogP) is 8.67. The number of rotatable bonds is 2. The Bertz CT molecular complexity index is 1660. The summed E-state index contributed by atoms with van der Waals surface area (Å²) in [6, 6.07) is 25.3. The normalized spacial score (nSPS) is 12.2. The van der Waals surface area contributed by atoms with Crippen molar-refractivity contribution in [3.8, 4) is 22.6 Å². The zero-order valence-electron chi connectivity index (χ0n) is 19.3. The number of benzene rings is 3. The van der Waals surface area contributed by atoms with Gasteiger partial charge in [0, 0.05) is 22.5 Å². The quantitative estimate of drug-likeness (QED) is 0.275.